The Morgan fingerprint density at radius 1 is 1.18 bits per heavy atom. The Kier molecular flexibility index (Phi) is 8.28. The number of urea groups is 1. The van der Waals surface area contributed by atoms with Crippen LogP contribution in [0.5, 0.6) is 5.75 Å². The predicted molar refractivity (Wildman–Crippen MR) is 112 cm³/mol. The number of amides is 2. The maximum Gasteiger partial charge on any atom is 0.322 e. The van der Waals surface area contributed by atoms with Gasteiger partial charge in [-0.25, -0.2) is 4.79 Å². The Hall–Kier alpha value is -2.10. The molecule has 0 radical (unpaired) electrons. The van der Waals surface area contributed by atoms with Crippen LogP contribution in [0.3, 0.4) is 0 Å². The van der Waals surface area contributed by atoms with Gasteiger partial charge >= 0.3 is 16.1 Å². The van der Waals surface area contributed by atoms with Crippen molar-refractivity contribution in [2.75, 3.05) is 31.3 Å². The van der Waals surface area contributed by atoms with E-state index in [0.717, 1.165) is 10.0 Å². The summed E-state index contributed by atoms with van der Waals surface area (Å²) >= 11 is 3.37. The summed E-state index contributed by atoms with van der Waals surface area (Å²) in [6, 6.07) is 13.7. The molecule has 0 saturated heterocycles. The quantitative estimate of drug-likeness (QED) is 0.562. The molecule has 0 aromatic heterocycles. The topological polar surface area (TPSA) is 84.9 Å². The third-order valence-electron chi connectivity index (χ3n) is 3.78. The van der Waals surface area contributed by atoms with Crippen LogP contribution in [0.1, 0.15) is 12.5 Å². The molecule has 0 aliphatic carbocycles. The van der Waals surface area contributed by atoms with E-state index >= 15 is 0 Å². The number of methoxy groups -OCH3 is 1. The molecular weight excluding hydrogens is 448 g/mol. The zero-order chi connectivity index (χ0) is 20.6. The van der Waals surface area contributed by atoms with Crippen LogP contribution < -0.4 is 9.50 Å². The van der Waals surface area contributed by atoms with Crippen LogP contribution in [-0.2, 0) is 21.4 Å². The molecule has 0 fully saturated rings. The van der Waals surface area contributed by atoms with Gasteiger partial charge in [0.05, 0.1) is 12.4 Å². The van der Waals surface area contributed by atoms with Crippen molar-refractivity contribution in [1.82, 2.24) is 4.90 Å². The SMILES string of the molecule is CCS(=O)(=O)Oc1cccc(CN(CCOC)C(=O)Nc2cccc(Br)c2)c1. The summed E-state index contributed by atoms with van der Waals surface area (Å²) in [5.41, 5.74) is 1.40. The Morgan fingerprint density at radius 2 is 1.93 bits per heavy atom. The average Bonchev–Trinajstić information content (AvgIpc) is 2.65. The van der Waals surface area contributed by atoms with Gasteiger partial charge in [-0.15, -0.1) is 0 Å². The second-order valence-electron chi connectivity index (χ2n) is 5.93. The van der Waals surface area contributed by atoms with E-state index in [2.05, 4.69) is 21.2 Å². The van der Waals surface area contributed by atoms with Crippen LogP contribution in [0.2, 0.25) is 0 Å². The van der Waals surface area contributed by atoms with Crippen molar-refractivity contribution in [2.45, 2.75) is 13.5 Å². The van der Waals surface area contributed by atoms with Crippen molar-refractivity contribution in [3.05, 3.63) is 58.6 Å². The zero-order valence-electron chi connectivity index (χ0n) is 15.7. The van der Waals surface area contributed by atoms with Crippen LogP contribution >= 0.6 is 15.9 Å². The second kappa shape index (κ2) is 10.4. The van der Waals surface area contributed by atoms with Crippen LogP contribution in [0.15, 0.2) is 53.0 Å². The smallest absolute Gasteiger partial charge is 0.322 e. The Balaban J connectivity index is 2.14. The van der Waals surface area contributed by atoms with E-state index in [1.165, 1.54) is 6.92 Å². The number of rotatable bonds is 9. The highest BCUT2D eigenvalue weighted by molar-refractivity contribution is 9.10. The number of nitrogens with zero attached hydrogens (tertiary/aromatic N) is 1. The lowest BCUT2D eigenvalue weighted by Gasteiger charge is -2.23. The lowest BCUT2D eigenvalue weighted by atomic mass is 10.2. The van der Waals surface area contributed by atoms with Gasteiger partial charge in [0, 0.05) is 30.4 Å². The normalized spacial score (nSPS) is 11.1. The molecule has 2 aromatic rings. The van der Waals surface area contributed by atoms with Crippen LogP contribution in [-0.4, -0.2) is 45.4 Å². The molecule has 9 heteroatoms. The summed E-state index contributed by atoms with van der Waals surface area (Å²) in [5, 5.41) is 2.85. The summed E-state index contributed by atoms with van der Waals surface area (Å²) in [6.07, 6.45) is 0. The maximum atomic E-state index is 12.7. The lowest BCUT2D eigenvalue weighted by Crippen LogP contribution is -2.36. The molecule has 7 nitrogen and oxygen atoms in total. The van der Waals surface area contributed by atoms with Crippen molar-refractivity contribution in [2.24, 2.45) is 0 Å². The fraction of sp³-hybridized carbons (Fsp3) is 0.316. The maximum absolute atomic E-state index is 12.7. The summed E-state index contributed by atoms with van der Waals surface area (Å²) in [7, 11) is -2.05. The van der Waals surface area contributed by atoms with Crippen molar-refractivity contribution in [1.29, 1.82) is 0 Å². The van der Waals surface area contributed by atoms with Crippen LogP contribution in [0.25, 0.3) is 0 Å². The van der Waals surface area contributed by atoms with E-state index in [1.807, 2.05) is 12.1 Å². The zero-order valence-corrected chi connectivity index (χ0v) is 18.1. The first-order valence-electron chi connectivity index (χ1n) is 8.64. The number of carbonyl (C=O) groups is 1. The fourth-order valence-corrected chi connectivity index (χ4v) is 3.26. The van der Waals surface area contributed by atoms with E-state index < -0.39 is 10.1 Å². The molecule has 0 bridgehead atoms. The van der Waals surface area contributed by atoms with E-state index in [9.17, 15) is 13.2 Å². The molecule has 1 N–H and O–H groups in total. The molecule has 2 amide bonds. The number of nitrogens with one attached hydrogen (secondary N) is 1. The van der Waals surface area contributed by atoms with E-state index in [0.29, 0.717) is 18.8 Å². The molecule has 152 valence electrons. The van der Waals surface area contributed by atoms with E-state index in [1.54, 1.807) is 48.4 Å². The fourth-order valence-electron chi connectivity index (χ4n) is 2.34. The number of carbonyl (C=O) groups excluding carboxylic acids is 1. The largest absolute Gasteiger partial charge is 0.383 e. The minimum Gasteiger partial charge on any atom is -0.383 e. The first-order valence-corrected chi connectivity index (χ1v) is 11.0. The van der Waals surface area contributed by atoms with Gasteiger partial charge in [-0.05, 0) is 42.8 Å². The molecule has 0 spiro atoms. The van der Waals surface area contributed by atoms with Gasteiger partial charge in [0.1, 0.15) is 5.75 Å². The molecule has 0 aliphatic heterocycles. The monoisotopic (exact) mass is 470 g/mol. The van der Waals surface area contributed by atoms with Crippen molar-refractivity contribution < 1.29 is 22.1 Å². The molecule has 0 atom stereocenters. The van der Waals surface area contributed by atoms with Gasteiger partial charge < -0.3 is 19.1 Å². The van der Waals surface area contributed by atoms with Gasteiger partial charge in [-0.3, -0.25) is 0 Å². The van der Waals surface area contributed by atoms with Crippen LogP contribution in [0, 0.1) is 0 Å². The number of hydrogen-bond donors (Lipinski definition) is 1. The lowest BCUT2D eigenvalue weighted by molar-refractivity contribution is 0.153. The van der Waals surface area contributed by atoms with Gasteiger partial charge in [0.25, 0.3) is 0 Å². The summed E-state index contributed by atoms with van der Waals surface area (Å²) < 4.78 is 34.3. The highest BCUT2D eigenvalue weighted by Gasteiger charge is 2.16. The van der Waals surface area contributed by atoms with Gasteiger partial charge in [0.2, 0.25) is 0 Å². The van der Waals surface area contributed by atoms with Crippen molar-refractivity contribution in [3.8, 4) is 5.75 Å². The highest BCUT2D eigenvalue weighted by Crippen LogP contribution is 2.19. The minimum absolute atomic E-state index is 0.119. The number of ether oxygens (including phenoxy) is 1. The molecular formula is C19H23BrN2O5S. The molecule has 0 unspecified atom stereocenters. The van der Waals surface area contributed by atoms with Crippen molar-refractivity contribution in [3.63, 3.8) is 0 Å². The third kappa shape index (κ3) is 7.14. The summed E-state index contributed by atoms with van der Waals surface area (Å²) in [6.45, 7) is 2.52. The average molecular weight is 471 g/mol. The molecule has 28 heavy (non-hydrogen) atoms. The first-order chi connectivity index (χ1) is 13.3. The van der Waals surface area contributed by atoms with E-state index in [4.69, 9.17) is 8.92 Å². The summed E-state index contributed by atoms with van der Waals surface area (Å²) in [4.78, 5) is 14.3. The molecule has 2 rings (SSSR count). The standard InChI is InChI=1S/C19H23BrN2O5S/c1-3-28(24,25)27-18-9-4-6-15(12-18)14-22(10-11-26-2)19(23)21-17-8-5-7-16(20)13-17/h4-9,12-13H,3,10-11,14H2,1-2H3,(H,21,23). The number of anilines is 1. The van der Waals surface area contributed by atoms with Gasteiger partial charge in [-0.2, -0.15) is 8.42 Å². The van der Waals surface area contributed by atoms with Gasteiger partial charge in [-0.1, -0.05) is 34.1 Å². The molecule has 0 aliphatic rings. The first kappa shape index (κ1) is 22.2. The van der Waals surface area contributed by atoms with Crippen LogP contribution in [0.4, 0.5) is 10.5 Å². The number of benzene rings is 2. The third-order valence-corrected chi connectivity index (χ3v) is 5.42. The Labute approximate surface area is 173 Å². The molecule has 0 heterocycles. The Bertz CT molecular complexity index is 905. The molecule has 0 saturated carbocycles. The van der Waals surface area contributed by atoms with Gasteiger partial charge in [0.15, 0.2) is 0 Å². The summed E-state index contributed by atoms with van der Waals surface area (Å²) in [5.74, 6) is 0.102. The Morgan fingerprint density at radius 3 is 2.61 bits per heavy atom. The van der Waals surface area contributed by atoms with E-state index in [-0.39, 0.29) is 24.1 Å². The van der Waals surface area contributed by atoms with Crippen molar-refractivity contribution >= 4 is 37.8 Å². The molecule has 2 aromatic carbocycles. The highest BCUT2D eigenvalue weighted by atomic mass is 79.9. The number of halogens is 1. The second-order valence-corrected chi connectivity index (χ2v) is 8.71. The minimum atomic E-state index is -3.61. The predicted octanol–water partition coefficient (Wildman–Crippen LogP) is 3.86. The number of hydrogen-bond acceptors (Lipinski definition) is 5.